The van der Waals surface area contributed by atoms with Crippen molar-refractivity contribution in [2.24, 2.45) is 0 Å². The molecule has 5 rings (SSSR count). The Morgan fingerprint density at radius 3 is 2.96 bits per heavy atom. The summed E-state index contributed by atoms with van der Waals surface area (Å²) in [5, 5.41) is 18.9. The topological polar surface area (TPSA) is 124 Å². The molecule has 0 spiro atoms. The molecule has 1 N–H and O–H groups in total. The van der Waals surface area contributed by atoms with Crippen molar-refractivity contribution in [1.82, 2.24) is 35.2 Å². The van der Waals surface area contributed by atoms with Gasteiger partial charge in [-0.3, -0.25) is 9.20 Å². The van der Waals surface area contributed by atoms with Crippen LogP contribution in [0.4, 0.5) is 0 Å². The lowest BCUT2D eigenvalue weighted by Gasteiger charge is -2.09. The first kappa shape index (κ1) is 16.6. The van der Waals surface area contributed by atoms with Crippen LogP contribution in [0.2, 0.25) is 0 Å². The summed E-state index contributed by atoms with van der Waals surface area (Å²) in [7, 11) is 0. The Kier molecular flexibility index (Phi) is 3.89. The average Bonchev–Trinajstić information content (AvgIpc) is 3.43. The Bertz CT molecular complexity index is 1170. The Hall–Kier alpha value is -3.56. The van der Waals surface area contributed by atoms with Gasteiger partial charge in [0.25, 0.3) is 11.8 Å². The second-order valence-corrected chi connectivity index (χ2v) is 6.73. The number of amides is 1. The van der Waals surface area contributed by atoms with Crippen LogP contribution in [-0.4, -0.2) is 35.8 Å². The van der Waals surface area contributed by atoms with E-state index >= 15 is 0 Å². The monoisotopic (exact) mass is 379 g/mol. The number of hydrogen-bond acceptors (Lipinski definition) is 8. The molecular weight excluding hydrogens is 362 g/mol. The average molecular weight is 379 g/mol. The molecule has 142 valence electrons. The summed E-state index contributed by atoms with van der Waals surface area (Å²) in [6.07, 6.45) is 5.59. The third-order valence-electron chi connectivity index (χ3n) is 4.83. The van der Waals surface area contributed by atoms with Gasteiger partial charge in [-0.05, 0) is 38.3 Å². The number of aromatic nitrogens is 6. The molecule has 1 aliphatic rings. The van der Waals surface area contributed by atoms with E-state index in [0.717, 1.165) is 42.6 Å². The zero-order valence-electron chi connectivity index (χ0n) is 15.2. The molecule has 0 saturated heterocycles. The lowest BCUT2D eigenvalue weighted by molar-refractivity contribution is 0.0940. The summed E-state index contributed by atoms with van der Waals surface area (Å²) in [4.78, 5) is 16.7. The first-order valence-electron chi connectivity index (χ1n) is 9.09. The van der Waals surface area contributed by atoms with E-state index in [0.29, 0.717) is 28.9 Å². The first-order chi connectivity index (χ1) is 13.7. The molecule has 0 aliphatic heterocycles. The molecule has 1 aliphatic carbocycles. The van der Waals surface area contributed by atoms with Crippen LogP contribution in [0.25, 0.3) is 17.1 Å². The van der Waals surface area contributed by atoms with Gasteiger partial charge in [0.1, 0.15) is 5.76 Å². The van der Waals surface area contributed by atoms with Crippen molar-refractivity contribution < 1.29 is 13.8 Å². The van der Waals surface area contributed by atoms with Crippen molar-refractivity contribution in [3.05, 3.63) is 47.0 Å². The van der Waals surface area contributed by atoms with Crippen LogP contribution in [-0.2, 0) is 19.4 Å². The van der Waals surface area contributed by atoms with Gasteiger partial charge in [0.2, 0.25) is 0 Å². The van der Waals surface area contributed by atoms with Crippen molar-refractivity contribution in [2.75, 3.05) is 0 Å². The second-order valence-electron chi connectivity index (χ2n) is 6.73. The first-order valence-corrected chi connectivity index (χ1v) is 9.09. The highest BCUT2D eigenvalue weighted by molar-refractivity contribution is 5.93. The minimum atomic E-state index is -0.262. The lowest BCUT2D eigenvalue weighted by Crippen LogP contribution is -2.25. The van der Waals surface area contributed by atoms with Gasteiger partial charge >= 0.3 is 0 Å². The summed E-state index contributed by atoms with van der Waals surface area (Å²) >= 11 is 0. The SMILES string of the molecule is Cc1noc(-c2ccn3c(CNC(=O)c4noc5c4CCCC5)nnc3c2)n1. The van der Waals surface area contributed by atoms with Gasteiger partial charge in [-0.2, -0.15) is 4.98 Å². The summed E-state index contributed by atoms with van der Waals surface area (Å²) in [6, 6.07) is 3.64. The molecule has 4 heterocycles. The van der Waals surface area contributed by atoms with E-state index in [1.54, 1.807) is 17.4 Å². The molecule has 0 atom stereocenters. The summed E-state index contributed by atoms with van der Waals surface area (Å²) in [5.41, 5.74) is 2.67. The van der Waals surface area contributed by atoms with Crippen LogP contribution in [0.1, 0.15) is 46.3 Å². The molecule has 10 nitrogen and oxygen atoms in total. The second kappa shape index (κ2) is 6.55. The highest BCUT2D eigenvalue weighted by atomic mass is 16.5. The van der Waals surface area contributed by atoms with Crippen LogP contribution >= 0.6 is 0 Å². The normalized spacial score (nSPS) is 13.6. The van der Waals surface area contributed by atoms with Crippen molar-refractivity contribution in [3.8, 4) is 11.5 Å². The van der Waals surface area contributed by atoms with E-state index in [-0.39, 0.29) is 12.5 Å². The molecule has 4 aromatic heterocycles. The fourth-order valence-electron chi connectivity index (χ4n) is 3.41. The van der Waals surface area contributed by atoms with E-state index in [1.165, 1.54) is 0 Å². The molecule has 10 heteroatoms. The van der Waals surface area contributed by atoms with Crippen molar-refractivity contribution >= 4 is 11.6 Å². The van der Waals surface area contributed by atoms with E-state index in [1.807, 2.05) is 12.3 Å². The van der Waals surface area contributed by atoms with Crippen LogP contribution in [0, 0.1) is 6.92 Å². The quantitative estimate of drug-likeness (QED) is 0.570. The Labute approximate surface area is 158 Å². The van der Waals surface area contributed by atoms with E-state index in [4.69, 9.17) is 9.05 Å². The third-order valence-corrected chi connectivity index (χ3v) is 4.83. The maximum Gasteiger partial charge on any atom is 0.274 e. The molecule has 1 amide bonds. The fourth-order valence-corrected chi connectivity index (χ4v) is 3.41. The van der Waals surface area contributed by atoms with Gasteiger partial charge in [0, 0.05) is 23.7 Å². The van der Waals surface area contributed by atoms with Crippen LogP contribution < -0.4 is 5.32 Å². The van der Waals surface area contributed by atoms with Crippen LogP contribution in [0.3, 0.4) is 0 Å². The largest absolute Gasteiger partial charge is 0.360 e. The van der Waals surface area contributed by atoms with Crippen molar-refractivity contribution in [3.63, 3.8) is 0 Å². The number of hydrogen-bond donors (Lipinski definition) is 1. The van der Waals surface area contributed by atoms with E-state index in [9.17, 15) is 4.79 Å². The Balaban J connectivity index is 1.34. The summed E-state index contributed by atoms with van der Waals surface area (Å²) < 4.78 is 12.3. The molecule has 0 unspecified atom stereocenters. The lowest BCUT2D eigenvalue weighted by atomic mass is 9.96. The predicted molar refractivity (Wildman–Crippen MR) is 95.3 cm³/mol. The number of pyridine rings is 1. The van der Waals surface area contributed by atoms with Crippen LogP contribution in [0.15, 0.2) is 27.4 Å². The van der Waals surface area contributed by atoms with Crippen molar-refractivity contribution in [2.45, 2.75) is 39.2 Å². The fraction of sp³-hybridized carbons (Fsp3) is 0.333. The number of aryl methyl sites for hydroxylation is 2. The zero-order valence-corrected chi connectivity index (χ0v) is 15.2. The maximum absolute atomic E-state index is 12.5. The van der Waals surface area contributed by atoms with Gasteiger partial charge in [-0.25, -0.2) is 0 Å². The predicted octanol–water partition coefficient (Wildman–Crippen LogP) is 1.88. The Morgan fingerprint density at radius 1 is 1.21 bits per heavy atom. The van der Waals surface area contributed by atoms with Gasteiger partial charge in [0.15, 0.2) is 23.0 Å². The number of rotatable bonds is 4. The number of fused-ring (bicyclic) bond motifs is 2. The van der Waals surface area contributed by atoms with Crippen molar-refractivity contribution in [1.29, 1.82) is 0 Å². The molecule has 0 radical (unpaired) electrons. The van der Waals surface area contributed by atoms with Gasteiger partial charge < -0.3 is 14.4 Å². The highest BCUT2D eigenvalue weighted by Gasteiger charge is 2.24. The third kappa shape index (κ3) is 2.82. The van der Waals surface area contributed by atoms with E-state index < -0.39 is 0 Å². The van der Waals surface area contributed by atoms with Gasteiger partial charge in [-0.1, -0.05) is 10.3 Å². The number of nitrogens with zero attached hydrogens (tertiary/aromatic N) is 6. The molecule has 0 saturated carbocycles. The minimum Gasteiger partial charge on any atom is -0.360 e. The Morgan fingerprint density at radius 2 is 2.11 bits per heavy atom. The highest BCUT2D eigenvalue weighted by Crippen LogP contribution is 2.24. The minimum absolute atomic E-state index is 0.223. The summed E-state index contributed by atoms with van der Waals surface area (Å²) in [6.45, 7) is 1.98. The molecule has 0 bridgehead atoms. The molecule has 4 aromatic rings. The smallest absolute Gasteiger partial charge is 0.274 e. The number of nitrogens with one attached hydrogen (secondary N) is 1. The van der Waals surface area contributed by atoms with Gasteiger partial charge in [-0.15, -0.1) is 10.2 Å². The molecule has 0 fully saturated rings. The summed E-state index contributed by atoms with van der Waals surface area (Å²) in [5.74, 6) is 2.16. The molecule has 0 aromatic carbocycles. The zero-order chi connectivity index (χ0) is 19.1. The molecular formula is C18H17N7O3. The maximum atomic E-state index is 12.5. The molecule has 28 heavy (non-hydrogen) atoms. The number of carbonyl (C=O) groups is 1. The van der Waals surface area contributed by atoms with Crippen LogP contribution in [0.5, 0.6) is 0 Å². The standard InChI is InChI=1S/C18H17N7O3/c1-10-20-18(28-23-10)11-6-7-25-14(8-11)21-22-15(25)9-19-17(26)16-12-4-2-3-5-13(12)27-24-16/h6-8H,2-5,9H2,1H3,(H,19,26). The van der Waals surface area contributed by atoms with E-state index in [2.05, 4.69) is 30.8 Å². The van der Waals surface area contributed by atoms with Gasteiger partial charge in [0.05, 0.1) is 6.54 Å². The number of carbonyl (C=O) groups excluding carboxylic acids is 1.